The largest absolute Gasteiger partial charge is 0.465 e. The number of nitrogens with zero attached hydrogens (tertiary/aromatic N) is 1. The Kier molecular flexibility index (Phi) is 9.58. The quantitative estimate of drug-likeness (QED) is 0.377. The highest BCUT2D eigenvalue weighted by Gasteiger charge is 2.30. The van der Waals surface area contributed by atoms with Crippen LogP contribution in [0.4, 0.5) is 10.5 Å². The van der Waals surface area contributed by atoms with E-state index in [-0.39, 0.29) is 30.6 Å². The molecule has 2 aromatic rings. The average molecular weight is 508 g/mol. The molecule has 2 fully saturated rings. The van der Waals surface area contributed by atoms with Crippen molar-refractivity contribution >= 4 is 17.7 Å². The molecular formula is C30H41N3O4. The van der Waals surface area contributed by atoms with Crippen LogP contribution < -0.4 is 16.0 Å². The van der Waals surface area contributed by atoms with Crippen molar-refractivity contribution in [2.24, 2.45) is 11.7 Å². The number of aryl methyl sites for hydroxylation is 1. The molecule has 0 heterocycles. The third-order valence-electron chi connectivity index (χ3n) is 8.06. The maximum Gasteiger partial charge on any atom is 0.412 e. The number of carbonyl (C=O) groups is 2. The summed E-state index contributed by atoms with van der Waals surface area (Å²) in [5.74, 6) is 0.441. The second-order valence-corrected chi connectivity index (χ2v) is 10.8. The summed E-state index contributed by atoms with van der Waals surface area (Å²) in [6, 6.07) is 16.2. The van der Waals surface area contributed by atoms with Crippen LogP contribution in [0.2, 0.25) is 0 Å². The van der Waals surface area contributed by atoms with Gasteiger partial charge in [-0.05, 0) is 87.3 Å². The molecule has 0 radical (unpaired) electrons. The molecule has 0 unspecified atom stereocenters. The van der Waals surface area contributed by atoms with Crippen LogP contribution in [0, 0.1) is 5.92 Å². The van der Waals surface area contributed by atoms with Crippen LogP contribution in [-0.2, 0) is 11.2 Å². The second kappa shape index (κ2) is 13.1. The van der Waals surface area contributed by atoms with E-state index in [1.165, 1.54) is 0 Å². The van der Waals surface area contributed by atoms with Crippen LogP contribution in [0.5, 0.6) is 0 Å². The molecule has 0 bridgehead atoms. The third-order valence-corrected chi connectivity index (χ3v) is 8.06. The number of hydrogen-bond donors (Lipinski definition) is 4. The fourth-order valence-corrected chi connectivity index (χ4v) is 5.85. The number of rotatable bonds is 9. The Hall–Kier alpha value is -2.90. The average Bonchev–Trinajstić information content (AvgIpc) is 2.91. The number of benzene rings is 2. The molecule has 0 saturated heterocycles. The molecule has 0 aromatic heterocycles. The molecule has 2 aliphatic rings. The van der Waals surface area contributed by atoms with Crippen LogP contribution in [0.3, 0.4) is 0 Å². The Morgan fingerprint density at radius 3 is 2.30 bits per heavy atom. The molecule has 5 N–H and O–H groups in total. The first-order valence-corrected chi connectivity index (χ1v) is 13.8. The summed E-state index contributed by atoms with van der Waals surface area (Å²) >= 11 is 0. The smallest absolute Gasteiger partial charge is 0.412 e. The van der Waals surface area contributed by atoms with Crippen LogP contribution >= 0.6 is 0 Å². The molecule has 0 spiro atoms. The van der Waals surface area contributed by atoms with E-state index in [9.17, 15) is 19.8 Å². The number of nitrogens with one attached hydrogen (secondary N) is 1. The molecule has 200 valence electrons. The number of carbonyl (C=O) groups excluding carboxylic acids is 1. The van der Waals surface area contributed by atoms with E-state index in [2.05, 4.69) is 11.4 Å². The summed E-state index contributed by atoms with van der Waals surface area (Å²) in [5, 5.41) is 22.7. The predicted molar refractivity (Wildman–Crippen MR) is 147 cm³/mol. The van der Waals surface area contributed by atoms with Gasteiger partial charge in [-0.3, -0.25) is 9.69 Å². The van der Waals surface area contributed by atoms with Gasteiger partial charge in [0, 0.05) is 36.7 Å². The molecular weight excluding hydrogens is 466 g/mol. The van der Waals surface area contributed by atoms with Gasteiger partial charge in [-0.2, -0.15) is 0 Å². The van der Waals surface area contributed by atoms with Crippen LogP contribution in [0.25, 0.3) is 11.1 Å². The number of aliphatic hydroxyl groups excluding tert-OH is 1. The minimum absolute atomic E-state index is 0.0688. The van der Waals surface area contributed by atoms with Gasteiger partial charge in [0.15, 0.2) is 0 Å². The summed E-state index contributed by atoms with van der Waals surface area (Å²) in [4.78, 5) is 26.6. The summed E-state index contributed by atoms with van der Waals surface area (Å²) in [5.41, 5.74) is 9.73. The monoisotopic (exact) mass is 507 g/mol. The normalized spacial score (nSPS) is 23.8. The highest BCUT2D eigenvalue weighted by molar-refractivity contribution is 5.93. The molecule has 2 saturated carbocycles. The zero-order valence-corrected chi connectivity index (χ0v) is 21.6. The standard InChI is InChI=1S/C30H41N3O4/c31-24-12-16-26(17-13-24)33(30(36)37)28-19-21(11-18-27(28)23-6-2-1-3-7-23)5-4-8-29(35)32-25-14-9-22(20-34)10-15-25/h1-3,6-7,11,18-19,22,24-26,34H,4-5,8-10,12-17,20,31H2,(H,32,35)(H,36,37)/t22-,24?,25-,26?. The van der Waals surface area contributed by atoms with Crippen LogP contribution in [0.15, 0.2) is 48.5 Å². The van der Waals surface area contributed by atoms with Crippen molar-refractivity contribution in [3.05, 3.63) is 54.1 Å². The molecule has 2 aromatic carbocycles. The lowest BCUT2D eigenvalue weighted by Crippen LogP contribution is -2.44. The summed E-state index contributed by atoms with van der Waals surface area (Å²) in [6.07, 6.45) is 7.86. The molecule has 4 rings (SSSR count). The van der Waals surface area contributed by atoms with E-state index in [4.69, 9.17) is 5.73 Å². The van der Waals surface area contributed by atoms with Crippen LogP contribution in [0.1, 0.15) is 69.8 Å². The lowest BCUT2D eigenvalue weighted by molar-refractivity contribution is -0.122. The Labute approximate surface area is 220 Å². The van der Waals surface area contributed by atoms with E-state index < -0.39 is 6.09 Å². The zero-order valence-electron chi connectivity index (χ0n) is 21.6. The van der Waals surface area contributed by atoms with Gasteiger partial charge in [0.05, 0.1) is 5.69 Å². The van der Waals surface area contributed by atoms with Crippen molar-refractivity contribution in [2.45, 2.75) is 88.8 Å². The Balaban J connectivity index is 1.45. The number of amides is 2. The highest BCUT2D eigenvalue weighted by Crippen LogP contribution is 2.36. The number of aliphatic hydroxyl groups is 1. The zero-order chi connectivity index (χ0) is 26.2. The fraction of sp³-hybridized carbons (Fsp3) is 0.533. The fourth-order valence-electron chi connectivity index (χ4n) is 5.85. The first kappa shape index (κ1) is 27.1. The van der Waals surface area contributed by atoms with Crippen molar-refractivity contribution in [3.8, 4) is 11.1 Å². The van der Waals surface area contributed by atoms with Gasteiger partial charge >= 0.3 is 6.09 Å². The van der Waals surface area contributed by atoms with Crippen molar-refractivity contribution in [1.29, 1.82) is 0 Å². The van der Waals surface area contributed by atoms with Crippen molar-refractivity contribution in [3.63, 3.8) is 0 Å². The lowest BCUT2D eigenvalue weighted by Gasteiger charge is -2.35. The van der Waals surface area contributed by atoms with E-state index in [1.807, 2.05) is 42.5 Å². The lowest BCUT2D eigenvalue weighted by atomic mass is 9.86. The maximum absolute atomic E-state index is 12.5. The molecule has 37 heavy (non-hydrogen) atoms. The van der Waals surface area contributed by atoms with E-state index >= 15 is 0 Å². The van der Waals surface area contributed by atoms with E-state index in [0.29, 0.717) is 30.9 Å². The van der Waals surface area contributed by atoms with Gasteiger partial charge in [0.25, 0.3) is 0 Å². The first-order chi connectivity index (χ1) is 17.9. The van der Waals surface area contributed by atoms with Crippen LogP contribution in [-0.4, -0.2) is 46.9 Å². The van der Waals surface area contributed by atoms with E-state index in [0.717, 1.165) is 68.1 Å². The summed E-state index contributed by atoms with van der Waals surface area (Å²) in [7, 11) is 0. The van der Waals surface area contributed by atoms with Gasteiger partial charge in [-0.1, -0.05) is 42.5 Å². The number of nitrogens with two attached hydrogens (primary N) is 1. The van der Waals surface area contributed by atoms with Crippen molar-refractivity contribution < 1.29 is 19.8 Å². The number of hydrogen-bond acceptors (Lipinski definition) is 4. The Morgan fingerprint density at radius 2 is 1.65 bits per heavy atom. The molecule has 2 aliphatic carbocycles. The third kappa shape index (κ3) is 7.33. The van der Waals surface area contributed by atoms with Crippen molar-refractivity contribution in [1.82, 2.24) is 5.32 Å². The SMILES string of the molecule is NC1CCC(N(C(=O)O)c2cc(CCCC(=O)N[C@H]3CC[C@H](CO)CC3)ccc2-c2ccccc2)CC1. The van der Waals surface area contributed by atoms with Crippen molar-refractivity contribution in [2.75, 3.05) is 11.5 Å². The van der Waals surface area contributed by atoms with Gasteiger partial charge < -0.3 is 21.3 Å². The summed E-state index contributed by atoms with van der Waals surface area (Å²) in [6.45, 7) is 0.235. The minimum Gasteiger partial charge on any atom is -0.465 e. The van der Waals surface area contributed by atoms with Gasteiger partial charge in [-0.25, -0.2) is 4.79 Å². The van der Waals surface area contributed by atoms with E-state index in [1.54, 1.807) is 4.90 Å². The molecule has 7 heteroatoms. The first-order valence-electron chi connectivity index (χ1n) is 13.8. The second-order valence-electron chi connectivity index (χ2n) is 10.8. The Morgan fingerprint density at radius 1 is 0.946 bits per heavy atom. The highest BCUT2D eigenvalue weighted by atomic mass is 16.4. The number of carboxylic acid groups (broad SMARTS) is 1. The Bertz CT molecular complexity index is 1030. The van der Waals surface area contributed by atoms with Gasteiger partial charge in [0.2, 0.25) is 5.91 Å². The summed E-state index contributed by atoms with van der Waals surface area (Å²) < 4.78 is 0. The maximum atomic E-state index is 12.5. The molecule has 0 atom stereocenters. The van der Waals surface area contributed by atoms with Gasteiger partial charge in [0.1, 0.15) is 0 Å². The number of anilines is 1. The topological polar surface area (TPSA) is 116 Å². The van der Waals surface area contributed by atoms with Gasteiger partial charge in [-0.15, -0.1) is 0 Å². The molecule has 7 nitrogen and oxygen atoms in total. The molecule has 2 amide bonds. The predicted octanol–water partition coefficient (Wildman–Crippen LogP) is 5.10. The molecule has 0 aliphatic heterocycles. The minimum atomic E-state index is -0.940.